The van der Waals surface area contributed by atoms with Crippen LogP contribution in [0.15, 0.2) is 18.2 Å². The Morgan fingerprint density at radius 3 is 2.43 bits per heavy atom. The molecule has 0 saturated carbocycles. The summed E-state index contributed by atoms with van der Waals surface area (Å²) < 4.78 is 0. The van der Waals surface area contributed by atoms with Crippen LogP contribution in [0.2, 0.25) is 0 Å². The third-order valence-electron chi connectivity index (χ3n) is 2.10. The van der Waals surface area contributed by atoms with Gasteiger partial charge in [-0.25, -0.2) is 0 Å². The van der Waals surface area contributed by atoms with Crippen LogP contribution in [0.5, 0.6) is 0 Å². The highest BCUT2D eigenvalue weighted by Crippen LogP contribution is 2.17. The van der Waals surface area contributed by atoms with Crippen molar-refractivity contribution in [1.82, 2.24) is 0 Å². The molecular weight excluding hydrogens is 176 g/mol. The van der Waals surface area contributed by atoms with Gasteiger partial charge in [-0.15, -0.1) is 0 Å². The van der Waals surface area contributed by atoms with E-state index < -0.39 is 0 Å². The number of hydrogen-bond acceptors (Lipinski definition) is 3. The number of carbonyl (C=O) groups is 1. The molecule has 0 atom stereocenters. The molecule has 0 aliphatic carbocycles. The molecule has 0 fully saturated rings. The van der Waals surface area contributed by atoms with E-state index in [2.05, 4.69) is 5.32 Å². The zero-order valence-corrected chi connectivity index (χ0v) is 8.64. The second kappa shape index (κ2) is 4.05. The molecule has 0 spiro atoms. The average molecular weight is 190 g/mol. The second-order valence-electron chi connectivity index (χ2n) is 3.19. The quantitative estimate of drug-likeness (QED) is 0.567. The third kappa shape index (κ3) is 1.99. The van der Waals surface area contributed by atoms with E-state index in [1.54, 1.807) is 26.1 Å². The summed E-state index contributed by atoms with van der Waals surface area (Å²) in [5.41, 5.74) is 2.76. The van der Waals surface area contributed by atoms with Crippen molar-refractivity contribution >= 4 is 17.2 Å². The van der Waals surface area contributed by atoms with Gasteiger partial charge in [0.1, 0.15) is 0 Å². The lowest BCUT2D eigenvalue weighted by molar-refractivity contribution is 0.101. The van der Waals surface area contributed by atoms with Crippen LogP contribution < -0.4 is 5.32 Å². The van der Waals surface area contributed by atoms with E-state index in [0.717, 1.165) is 11.3 Å². The van der Waals surface area contributed by atoms with Gasteiger partial charge in [-0.2, -0.15) is 0 Å². The molecule has 3 nitrogen and oxygen atoms in total. The number of nitrogens with one attached hydrogen (secondary N) is 2. The molecule has 74 valence electrons. The summed E-state index contributed by atoms with van der Waals surface area (Å²) in [5, 5.41) is 10.6. The van der Waals surface area contributed by atoms with Crippen LogP contribution in [0.3, 0.4) is 0 Å². The van der Waals surface area contributed by atoms with Crippen molar-refractivity contribution in [2.45, 2.75) is 13.8 Å². The molecule has 0 aliphatic heterocycles. The van der Waals surface area contributed by atoms with E-state index in [9.17, 15) is 4.79 Å². The van der Waals surface area contributed by atoms with Gasteiger partial charge in [0.25, 0.3) is 0 Å². The molecule has 14 heavy (non-hydrogen) atoms. The molecule has 2 N–H and O–H groups in total. The predicted octanol–water partition coefficient (Wildman–Crippen LogP) is 2.32. The number of Topliss-reactive ketones (excluding diaryl/α,β-unsaturated/α-hetero) is 1. The number of hydrogen-bond donors (Lipinski definition) is 2. The summed E-state index contributed by atoms with van der Waals surface area (Å²) in [7, 11) is 1.80. The number of carbonyl (C=O) groups excluding carboxylic acids is 1. The number of anilines is 1. The minimum Gasteiger partial charge on any atom is -0.388 e. The summed E-state index contributed by atoms with van der Waals surface area (Å²) in [5.74, 6) is 0.0233. The van der Waals surface area contributed by atoms with Gasteiger partial charge in [0, 0.05) is 29.6 Å². The summed E-state index contributed by atoms with van der Waals surface area (Å²) in [6, 6.07) is 5.33. The van der Waals surface area contributed by atoms with Crippen molar-refractivity contribution in [3.63, 3.8) is 0 Å². The molecule has 0 amide bonds. The van der Waals surface area contributed by atoms with Gasteiger partial charge in [-0.05, 0) is 32.0 Å². The van der Waals surface area contributed by atoms with Crippen molar-refractivity contribution in [2.24, 2.45) is 0 Å². The summed E-state index contributed by atoms with van der Waals surface area (Å²) >= 11 is 0. The SMILES string of the molecule is CNc1ccc(C(C)=O)cc1C(C)=N. The molecule has 0 bridgehead atoms. The van der Waals surface area contributed by atoms with Crippen LogP contribution in [0, 0.1) is 5.41 Å². The van der Waals surface area contributed by atoms with E-state index in [0.29, 0.717) is 11.3 Å². The van der Waals surface area contributed by atoms with Crippen LogP contribution in [0.4, 0.5) is 5.69 Å². The highest BCUT2D eigenvalue weighted by atomic mass is 16.1. The van der Waals surface area contributed by atoms with Gasteiger partial charge in [-0.3, -0.25) is 4.79 Å². The first-order valence-electron chi connectivity index (χ1n) is 4.44. The predicted molar refractivity (Wildman–Crippen MR) is 58.5 cm³/mol. The maximum atomic E-state index is 11.1. The van der Waals surface area contributed by atoms with Gasteiger partial charge >= 0.3 is 0 Å². The fraction of sp³-hybridized carbons (Fsp3) is 0.273. The molecule has 0 unspecified atom stereocenters. The topological polar surface area (TPSA) is 53.0 Å². The van der Waals surface area contributed by atoms with Crippen molar-refractivity contribution in [3.8, 4) is 0 Å². The zero-order valence-electron chi connectivity index (χ0n) is 8.64. The van der Waals surface area contributed by atoms with E-state index in [-0.39, 0.29) is 5.78 Å². The molecule has 0 aliphatic rings. The molecule has 0 aromatic heterocycles. The Morgan fingerprint density at radius 1 is 1.36 bits per heavy atom. The minimum absolute atomic E-state index is 0.0233. The van der Waals surface area contributed by atoms with Crippen LogP contribution >= 0.6 is 0 Å². The molecule has 0 heterocycles. The van der Waals surface area contributed by atoms with Crippen molar-refractivity contribution in [1.29, 1.82) is 5.41 Å². The summed E-state index contributed by atoms with van der Waals surface area (Å²) in [6.07, 6.45) is 0. The maximum Gasteiger partial charge on any atom is 0.159 e. The van der Waals surface area contributed by atoms with Crippen molar-refractivity contribution in [2.75, 3.05) is 12.4 Å². The highest BCUT2D eigenvalue weighted by Gasteiger charge is 2.06. The first-order chi connectivity index (χ1) is 6.56. The Morgan fingerprint density at radius 2 is 2.00 bits per heavy atom. The largest absolute Gasteiger partial charge is 0.388 e. The number of rotatable bonds is 3. The van der Waals surface area contributed by atoms with Crippen molar-refractivity contribution in [3.05, 3.63) is 29.3 Å². The Balaban J connectivity index is 3.27. The Kier molecular flexibility index (Phi) is 3.02. The highest BCUT2D eigenvalue weighted by molar-refractivity contribution is 6.04. The molecule has 3 heteroatoms. The first kappa shape index (κ1) is 10.4. The van der Waals surface area contributed by atoms with Gasteiger partial charge in [-0.1, -0.05) is 0 Å². The summed E-state index contributed by atoms with van der Waals surface area (Å²) in [4.78, 5) is 11.1. The Hall–Kier alpha value is -1.64. The summed E-state index contributed by atoms with van der Waals surface area (Å²) in [6.45, 7) is 3.23. The fourth-order valence-corrected chi connectivity index (χ4v) is 1.29. The molecule has 0 radical (unpaired) electrons. The van der Waals surface area contributed by atoms with E-state index in [4.69, 9.17) is 5.41 Å². The zero-order chi connectivity index (χ0) is 10.7. The second-order valence-corrected chi connectivity index (χ2v) is 3.19. The lowest BCUT2D eigenvalue weighted by Crippen LogP contribution is -2.03. The van der Waals surface area contributed by atoms with Crippen LogP contribution in [0.1, 0.15) is 29.8 Å². The molecular formula is C11H14N2O. The molecule has 0 saturated heterocycles. The Labute approximate surface area is 83.7 Å². The van der Waals surface area contributed by atoms with Gasteiger partial charge in [0.05, 0.1) is 0 Å². The Bertz CT molecular complexity index is 383. The van der Waals surface area contributed by atoms with Crippen LogP contribution in [0.25, 0.3) is 0 Å². The lowest BCUT2D eigenvalue weighted by Gasteiger charge is -2.08. The van der Waals surface area contributed by atoms with Gasteiger partial charge < -0.3 is 10.7 Å². The van der Waals surface area contributed by atoms with E-state index >= 15 is 0 Å². The van der Waals surface area contributed by atoms with Crippen LogP contribution in [-0.2, 0) is 0 Å². The average Bonchev–Trinajstić information content (AvgIpc) is 2.16. The maximum absolute atomic E-state index is 11.1. The molecule has 1 aromatic rings. The first-order valence-corrected chi connectivity index (χ1v) is 4.44. The van der Waals surface area contributed by atoms with Crippen LogP contribution in [-0.4, -0.2) is 18.5 Å². The minimum atomic E-state index is 0.0233. The number of benzene rings is 1. The smallest absolute Gasteiger partial charge is 0.159 e. The monoisotopic (exact) mass is 190 g/mol. The lowest BCUT2D eigenvalue weighted by atomic mass is 10.0. The van der Waals surface area contributed by atoms with Crippen molar-refractivity contribution < 1.29 is 4.79 Å². The normalized spacial score (nSPS) is 9.64. The van der Waals surface area contributed by atoms with Gasteiger partial charge in [0.2, 0.25) is 0 Å². The standard InChI is InChI=1S/C11H14N2O/c1-7(12)10-6-9(8(2)14)4-5-11(10)13-3/h4-6,12-13H,1-3H3. The number of ketones is 1. The molecule has 1 aromatic carbocycles. The van der Waals surface area contributed by atoms with E-state index in [1.165, 1.54) is 6.92 Å². The van der Waals surface area contributed by atoms with E-state index in [1.807, 2.05) is 6.07 Å². The molecule has 1 rings (SSSR count). The fourth-order valence-electron chi connectivity index (χ4n) is 1.29. The van der Waals surface area contributed by atoms with Gasteiger partial charge in [0.15, 0.2) is 5.78 Å². The third-order valence-corrected chi connectivity index (χ3v) is 2.10.